The molecule has 558 valence electrons. The number of unbranched alkanes of at least 4 members (excludes halogenated alkanes) is 34. The SMILES string of the molecule is CCCC/C=C\CCCCCCCC(=O)OC(COC(=O)CCCCCCCC/C=C\C/C=C\C/C=C\CCCCC)COP(=O)(O)OCC(O)COP(=O)(O)OCC(COC(=O)CCCCCCC/C=C\C/C=C\CCCCC)OC(=O)CCCCCCCCCCCCC. The number of aliphatic hydroxyl groups is 1. The van der Waals surface area contributed by atoms with Gasteiger partial charge in [0.25, 0.3) is 0 Å². The number of hydrogen-bond donors (Lipinski definition) is 3. The number of allylic oxidation sites excluding steroid dienone is 12. The number of phosphoric ester groups is 2. The van der Waals surface area contributed by atoms with Crippen molar-refractivity contribution < 1.29 is 80.2 Å². The second-order valence-corrected chi connectivity index (χ2v) is 28.5. The van der Waals surface area contributed by atoms with Gasteiger partial charge in [0.2, 0.25) is 0 Å². The van der Waals surface area contributed by atoms with E-state index in [1.165, 1.54) is 89.9 Å². The highest BCUT2D eigenvalue weighted by molar-refractivity contribution is 7.47. The van der Waals surface area contributed by atoms with Crippen LogP contribution in [0.25, 0.3) is 0 Å². The normalized spacial score (nSPS) is 14.4. The van der Waals surface area contributed by atoms with E-state index < -0.39 is 97.5 Å². The molecule has 19 heteroatoms. The molecular formula is C77H138O17P2. The highest BCUT2D eigenvalue weighted by atomic mass is 31.2. The van der Waals surface area contributed by atoms with Crippen LogP contribution in [-0.2, 0) is 65.4 Å². The summed E-state index contributed by atoms with van der Waals surface area (Å²) in [7, 11) is -9.94. The molecule has 3 N–H and O–H groups in total. The summed E-state index contributed by atoms with van der Waals surface area (Å²) in [6.07, 6.45) is 69.0. The van der Waals surface area contributed by atoms with Crippen LogP contribution in [0.5, 0.6) is 0 Å². The topological polar surface area (TPSA) is 237 Å². The van der Waals surface area contributed by atoms with Gasteiger partial charge in [-0.05, 0) is 116 Å². The molecule has 0 spiro atoms. The van der Waals surface area contributed by atoms with E-state index in [-0.39, 0.29) is 25.7 Å². The summed E-state index contributed by atoms with van der Waals surface area (Å²) in [6, 6.07) is 0. The van der Waals surface area contributed by atoms with E-state index in [0.717, 1.165) is 167 Å². The molecule has 0 rings (SSSR count). The molecule has 0 aliphatic carbocycles. The fourth-order valence-electron chi connectivity index (χ4n) is 10.2. The van der Waals surface area contributed by atoms with Gasteiger partial charge < -0.3 is 33.8 Å². The van der Waals surface area contributed by atoms with Crippen LogP contribution >= 0.6 is 15.6 Å². The largest absolute Gasteiger partial charge is 0.472 e. The lowest BCUT2D eigenvalue weighted by Crippen LogP contribution is -2.30. The molecule has 0 aromatic carbocycles. The van der Waals surface area contributed by atoms with Gasteiger partial charge in [-0.3, -0.25) is 37.3 Å². The van der Waals surface area contributed by atoms with Gasteiger partial charge in [0.1, 0.15) is 19.3 Å². The molecular weight excluding hydrogens is 1260 g/mol. The van der Waals surface area contributed by atoms with Crippen LogP contribution in [0, 0.1) is 0 Å². The maximum absolute atomic E-state index is 13.0. The Labute approximate surface area is 583 Å². The Morgan fingerprint density at radius 1 is 0.292 bits per heavy atom. The van der Waals surface area contributed by atoms with Gasteiger partial charge in [-0.15, -0.1) is 0 Å². The second kappa shape index (κ2) is 70.0. The third-order valence-corrected chi connectivity index (χ3v) is 18.0. The number of ether oxygens (including phenoxy) is 4. The van der Waals surface area contributed by atoms with Gasteiger partial charge in [0, 0.05) is 25.7 Å². The summed E-state index contributed by atoms with van der Waals surface area (Å²) < 4.78 is 68.4. The zero-order valence-electron chi connectivity index (χ0n) is 60.8. The number of carbonyl (C=O) groups excluding carboxylic acids is 4. The Kier molecular flexibility index (Phi) is 67.4. The lowest BCUT2D eigenvalue weighted by molar-refractivity contribution is -0.161. The van der Waals surface area contributed by atoms with Crippen molar-refractivity contribution in [1.29, 1.82) is 0 Å². The summed E-state index contributed by atoms with van der Waals surface area (Å²) in [5, 5.41) is 10.6. The summed E-state index contributed by atoms with van der Waals surface area (Å²) in [4.78, 5) is 72.7. The Morgan fingerprint density at radius 3 is 0.844 bits per heavy atom. The first-order chi connectivity index (χ1) is 46.7. The second-order valence-electron chi connectivity index (χ2n) is 25.6. The van der Waals surface area contributed by atoms with Crippen LogP contribution in [0.4, 0.5) is 0 Å². The maximum atomic E-state index is 13.0. The van der Waals surface area contributed by atoms with Crippen LogP contribution in [-0.4, -0.2) is 96.7 Å². The zero-order chi connectivity index (χ0) is 70.4. The van der Waals surface area contributed by atoms with Crippen molar-refractivity contribution in [3.05, 3.63) is 72.9 Å². The Hall–Kier alpha value is -3.50. The number of esters is 4. The first kappa shape index (κ1) is 92.5. The molecule has 0 amide bonds. The standard InChI is InChI=1S/C77H138O17P2/c1-5-9-13-17-21-25-29-31-33-34-35-36-38-40-44-46-50-54-58-62-75(80)88-68-73(94-77(82)64-60-56-52-48-42-28-24-20-16-12-8-4)70-92-96(85,86)90-66-71(78)65-89-95(83,84)91-69-72(93-76(81)63-59-55-51-47-41-27-23-19-15-11-7-3)67-87-74(79)61-57-53-49-45-43-39-37-32-30-26-22-18-14-10-6-2/h20-22,24-26,31-33,35-37,71-73,78H,5-19,23,27-30,34,38-70H2,1-4H3,(H,83,84)(H,85,86)/b24-20-,25-21-,26-22-,33-31-,36-35-,37-32-. The quantitative estimate of drug-likeness (QED) is 0.0169. The molecule has 0 aromatic heterocycles. The highest BCUT2D eigenvalue weighted by Gasteiger charge is 2.30. The van der Waals surface area contributed by atoms with E-state index in [2.05, 4.69) is 101 Å². The van der Waals surface area contributed by atoms with E-state index in [4.69, 9.17) is 37.0 Å². The van der Waals surface area contributed by atoms with Crippen LogP contribution in [0.3, 0.4) is 0 Å². The molecule has 0 bridgehead atoms. The van der Waals surface area contributed by atoms with Gasteiger partial charge in [-0.2, -0.15) is 0 Å². The first-order valence-electron chi connectivity index (χ1n) is 38.2. The third kappa shape index (κ3) is 69.0. The van der Waals surface area contributed by atoms with Crippen molar-refractivity contribution in [3.8, 4) is 0 Å². The minimum absolute atomic E-state index is 0.0835. The monoisotopic (exact) mass is 1400 g/mol. The van der Waals surface area contributed by atoms with Crippen molar-refractivity contribution in [3.63, 3.8) is 0 Å². The molecule has 0 aliphatic heterocycles. The van der Waals surface area contributed by atoms with Crippen molar-refractivity contribution in [2.24, 2.45) is 0 Å². The molecule has 0 saturated carbocycles. The molecule has 5 atom stereocenters. The Bertz CT molecular complexity index is 2110. The summed E-state index contributed by atoms with van der Waals surface area (Å²) in [6.45, 7) is 4.76. The van der Waals surface area contributed by atoms with Crippen molar-refractivity contribution in [2.45, 2.75) is 354 Å². The maximum Gasteiger partial charge on any atom is 0.472 e. The molecule has 0 aliphatic rings. The lowest BCUT2D eigenvalue weighted by Gasteiger charge is -2.21. The van der Waals surface area contributed by atoms with Crippen molar-refractivity contribution in [2.75, 3.05) is 39.6 Å². The van der Waals surface area contributed by atoms with Crippen LogP contribution < -0.4 is 0 Å². The smallest absolute Gasteiger partial charge is 0.462 e. The molecule has 0 aromatic rings. The number of hydrogen-bond acceptors (Lipinski definition) is 15. The lowest BCUT2D eigenvalue weighted by atomic mass is 10.1. The van der Waals surface area contributed by atoms with Crippen molar-refractivity contribution >= 4 is 39.5 Å². The fraction of sp³-hybridized carbons (Fsp3) is 0.792. The van der Waals surface area contributed by atoms with Gasteiger partial charge in [-0.25, -0.2) is 9.13 Å². The van der Waals surface area contributed by atoms with Crippen LogP contribution in [0.2, 0.25) is 0 Å². The Balaban J connectivity index is 5.28. The fourth-order valence-corrected chi connectivity index (χ4v) is 11.8. The van der Waals surface area contributed by atoms with Crippen LogP contribution in [0.15, 0.2) is 72.9 Å². The molecule has 0 fully saturated rings. The first-order valence-corrected chi connectivity index (χ1v) is 41.2. The number of aliphatic hydroxyl groups excluding tert-OH is 1. The summed E-state index contributed by atoms with van der Waals surface area (Å²) in [5.74, 6) is -2.19. The van der Waals surface area contributed by atoms with E-state index in [9.17, 15) is 43.2 Å². The van der Waals surface area contributed by atoms with E-state index in [1.54, 1.807) is 0 Å². The molecule has 5 unspecified atom stereocenters. The molecule has 96 heavy (non-hydrogen) atoms. The molecule has 17 nitrogen and oxygen atoms in total. The minimum atomic E-state index is -4.97. The van der Waals surface area contributed by atoms with Gasteiger partial charge in [-0.1, -0.05) is 268 Å². The summed E-state index contributed by atoms with van der Waals surface area (Å²) >= 11 is 0. The van der Waals surface area contributed by atoms with E-state index in [1.807, 2.05) is 0 Å². The van der Waals surface area contributed by atoms with Crippen LogP contribution in [0.1, 0.15) is 336 Å². The molecule has 0 radical (unpaired) electrons. The third-order valence-electron chi connectivity index (χ3n) is 16.1. The zero-order valence-corrected chi connectivity index (χ0v) is 62.6. The predicted molar refractivity (Wildman–Crippen MR) is 390 cm³/mol. The predicted octanol–water partition coefficient (Wildman–Crippen LogP) is 21.7. The highest BCUT2D eigenvalue weighted by Crippen LogP contribution is 2.45. The van der Waals surface area contributed by atoms with Gasteiger partial charge in [0.15, 0.2) is 12.2 Å². The van der Waals surface area contributed by atoms with Gasteiger partial charge >= 0.3 is 39.5 Å². The average molecular weight is 1400 g/mol. The summed E-state index contributed by atoms with van der Waals surface area (Å²) in [5.41, 5.74) is 0. The number of rotatable bonds is 72. The van der Waals surface area contributed by atoms with Gasteiger partial charge in [0.05, 0.1) is 26.4 Å². The van der Waals surface area contributed by atoms with E-state index in [0.29, 0.717) is 25.7 Å². The number of carbonyl (C=O) groups is 4. The van der Waals surface area contributed by atoms with E-state index >= 15 is 0 Å². The van der Waals surface area contributed by atoms with Crippen molar-refractivity contribution in [1.82, 2.24) is 0 Å². The molecule has 0 saturated heterocycles. The molecule has 0 heterocycles. The average Bonchev–Trinajstić information content (AvgIpc) is 1.13. The number of phosphoric acid groups is 2. The minimum Gasteiger partial charge on any atom is -0.462 e. The Morgan fingerprint density at radius 2 is 0.521 bits per heavy atom.